The number of rotatable bonds is 5. The lowest BCUT2D eigenvalue weighted by Gasteiger charge is -2.36. The fraction of sp³-hybridized carbons (Fsp3) is 0.316. The Hall–Kier alpha value is -3.61. The summed E-state index contributed by atoms with van der Waals surface area (Å²) >= 11 is 4.89. The number of aromatic amines is 1. The molecule has 3 heterocycles. The summed E-state index contributed by atoms with van der Waals surface area (Å²) in [5.74, 6) is -1.63. The van der Waals surface area contributed by atoms with Crippen molar-refractivity contribution in [2.24, 2.45) is 0 Å². The Morgan fingerprint density at radius 1 is 1.25 bits per heavy atom. The second-order valence-electron chi connectivity index (χ2n) is 7.00. The zero-order valence-electron chi connectivity index (χ0n) is 17.1. The third-order valence-corrected chi connectivity index (χ3v) is 5.33. The summed E-state index contributed by atoms with van der Waals surface area (Å²) < 4.78 is 35.9. The van der Waals surface area contributed by atoms with E-state index in [2.05, 4.69) is 25.6 Å². The van der Waals surface area contributed by atoms with Gasteiger partial charge in [0.15, 0.2) is 11.6 Å². The van der Waals surface area contributed by atoms with Gasteiger partial charge in [-0.05, 0) is 12.2 Å². The number of imidazole rings is 1. The molecule has 10 nitrogen and oxygen atoms in total. The predicted molar refractivity (Wildman–Crippen MR) is 114 cm³/mol. The summed E-state index contributed by atoms with van der Waals surface area (Å²) in [6.45, 7) is 1.52. The van der Waals surface area contributed by atoms with E-state index < -0.39 is 11.6 Å². The first-order valence-corrected chi connectivity index (χ1v) is 10.1. The first-order chi connectivity index (χ1) is 15.5. The van der Waals surface area contributed by atoms with Crippen molar-refractivity contribution in [3.8, 4) is 5.69 Å². The first-order valence-electron chi connectivity index (χ1n) is 9.71. The molecule has 1 amide bonds. The van der Waals surface area contributed by atoms with Crippen LogP contribution in [0.2, 0.25) is 0 Å². The third-order valence-electron chi connectivity index (χ3n) is 5.02. The van der Waals surface area contributed by atoms with Crippen molar-refractivity contribution in [1.29, 1.82) is 0 Å². The molecule has 1 fully saturated rings. The van der Waals surface area contributed by atoms with Crippen LogP contribution in [0.4, 0.5) is 14.5 Å². The van der Waals surface area contributed by atoms with Gasteiger partial charge in [-0.25, -0.2) is 18.4 Å². The number of amides is 1. The van der Waals surface area contributed by atoms with Crippen LogP contribution in [-0.4, -0.2) is 74.2 Å². The number of nitrogens with one attached hydrogen (secondary N) is 2. The van der Waals surface area contributed by atoms with Gasteiger partial charge in [0.2, 0.25) is 0 Å². The number of anilines is 1. The van der Waals surface area contributed by atoms with Crippen LogP contribution < -0.4 is 10.2 Å². The van der Waals surface area contributed by atoms with Gasteiger partial charge < -0.3 is 24.8 Å². The molecule has 2 aromatic heterocycles. The van der Waals surface area contributed by atoms with Gasteiger partial charge in [-0.1, -0.05) is 5.21 Å². The third kappa shape index (κ3) is 4.51. The number of halogens is 2. The molecule has 168 valence electrons. The van der Waals surface area contributed by atoms with Gasteiger partial charge in [-0.15, -0.1) is 5.10 Å². The largest absolute Gasteiger partial charge is 0.474 e. The van der Waals surface area contributed by atoms with Gasteiger partial charge >= 0.3 is 0 Å². The summed E-state index contributed by atoms with van der Waals surface area (Å²) in [6.07, 6.45) is 4.42. The lowest BCUT2D eigenvalue weighted by atomic mass is 10.2. The number of benzene rings is 1. The van der Waals surface area contributed by atoms with E-state index in [-0.39, 0.29) is 29.0 Å². The number of hydrogen-bond acceptors (Lipinski definition) is 7. The summed E-state index contributed by atoms with van der Waals surface area (Å²) in [7, 11) is 1.44. The molecule has 0 unspecified atom stereocenters. The van der Waals surface area contributed by atoms with Crippen molar-refractivity contribution in [3.63, 3.8) is 0 Å². The average Bonchev–Trinajstić information content (AvgIpc) is 3.49. The Bertz CT molecular complexity index is 1090. The Balaban J connectivity index is 1.44. The van der Waals surface area contributed by atoms with E-state index >= 15 is 0 Å². The second-order valence-corrected chi connectivity index (χ2v) is 7.37. The maximum atomic E-state index is 14.9. The van der Waals surface area contributed by atoms with Crippen LogP contribution in [0.1, 0.15) is 16.2 Å². The number of H-pyrrole nitrogens is 1. The molecule has 2 N–H and O–H groups in total. The van der Waals surface area contributed by atoms with Crippen LogP contribution in [0.15, 0.2) is 30.9 Å². The molecule has 1 aliphatic rings. The molecule has 0 aliphatic carbocycles. The van der Waals surface area contributed by atoms with Crippen LogP contribution in [0.3, 0.4) is 0 Å². The number of hydrogen-bond donors (Lipinski definition) is 2. The fourth-order valence-corrected chi connectivity index (χ4v) is 3.48. The maximum absolute atomic E-state index is 14.9. The van der Waals surface area contributed by atoms with Crippen LogP contribution in [0, 0.1) is 11.6 Å². The van der Waals surface area contributed by atoms with Gasteiger partial charge in [-0.3, -0.25) is 4.79 Å². The SMILES string of the molecule is COC(=S)NCc1cn(-c2cc(F)c(N3CCN(C(=O)c4cnc[nH]4)CC3)c(F)c2)nn1. The van der Waals surface area contributed by atoms with E-state index in [4.69, 9.17) is 17.0 Å². The molecule has 1 saturated heterocycles. The lowest BCUT2D eigenvalue weighted by Crippen LogP contribution is -2.49. The van der Waals surface area contributed by atoms with E-state index in [1.165, 1.54) is 36.4 Å². The smallest absolute Gasteiger partial charge is 0.272 e. The maximum Gasteiger partial charge on any atom is 0.272 e. The Kier molecular flexibility index (Phi) is 6.25. The van der Waals surface area contributed by atoms with E-state index in [1.54, 1.807) is 16.0 Å². The highest BCUT2D eigenvalue weighted by Gasteiger charge is 2.26. The molecule has 3 aromatic rings. The number of thiocarbonyl (C=S) groups is 1. The highest BCUT2D eigenvalue weighted by molar-refractivity contribution is 7.80. The van der Waals surface area contributed by atoms with Gasteiger partial charge in [0.1, 0.15) is 17.1 Å². The molecule has 32 heavy (non-hydrogen) atoms. The molecule has 0 radical (unpaired) electrons. The topological polar surface area (TPSA) is 104 Å². The van der Waals surface area contributed by atoms with Gasteiger partial charge in [0.05, 0.1) is 38.1 Å². The van der Waals surface area contributed by atoms with Crippen molar-refractivity contribution >= 4 is 29.0 Å². The molecule has 1 aromatic carbocycles. The van der Waals surface area contributed by atoms with E-state index in [1.807, 2.05) is 0 Å². The lowest BCUT2D eigenvalue weighted by molar-refractivity contribution is 0.0741. The van der Waals surface area contributed by atoms with Crippen LogP contribution in [-0.2, 0) is 11.3 Å². The van der Waals surface area contributed by atoms with E-state index in [0.29, 0.717) is 37.6 Å². The number of methoxy groups -OCH3 is 1. The summed E-state index contributed by atoms with van der Waals surface area (Å²) in [6, 6.07) is 2.40. The Labute approximate surface area is 187 Å². The molecule has 0 bridgehead atoms. The molecule has 13 heteroatoms. The molecular weight excluding hydrogens is 442 g/mol. The Morgan fingerprint density at radius 3 is 2.59 bits per heavy atom. The number of piperazine rings is 1. The number of aromatic nitrogens is 5. The number of carbonyl (C=O) groups excluding carboxylic acids is 1. The standard InChI is InChI=1S/C19H20F2N8O2S/c1-31-19(32)23-8-12-10-29(26-25-12)13-6-14(20)17(15(21)7-13)27-2-4-28(5-3-27)18(30)16-9-22-11-24-16/h6-7,9-11H,2-5,8H2,1H3,(H,22,24)(H,23,32). The number of nitrogens with zero attached hydrogens (tertiary/aromatic N) is 6. The van der Waals surface area contributed by atoms with E-state index in [0.717, 1.165) is 0 Å². The van der Waals surface area contributed by atoms with Crippen LogP contribution in [0.25, 0.3) is 5.69 Å². The number of carbonyl (C=O) groups is 1. The van der Waals surface area contributed by atoms with Crippen molar-refractivity contribution in [3.05, 3.63) is 53.9 Å². The fourth-order valence-electron chi connectivity index (χ4n) is 3.40. The minimum atomic E-state index is -0.718. The van der Waals surface area contributed by atoms with Gasteiger partial charge in [-0.2, -0.15) is 0 Å². The molecule has 0 atom stereocenters. The summed E-state index contributed by atoms with van der Waals surface area (Å²) in [4.78, 5) is 22.2. The molecule has 4 rings (SSSR count). The number of ether oxygens (including phenoxy) is 1. The zero-order chi connectivity index (χ0) is 22.7. The molecular formula is C19H20F2N8O2S. The van der Waals surface area contributed by atoms with Crippen LogP contribution in [0.5, 0.6) is 0 Å². The summed E-state index contributed by atoms with van der Waals surface area (Å²) in [5, 5.41) is 10.9. The first kappa shape index (κ1) is 21.6. The highest BCUT2D eigenvalue weighted by Crippen LogP contribution is 2.27. The van der Waals surface area contributed by atoms with Crippen molar-refractivity contribution in [2.75, 3.05) is 38.2 Å². The average molecular weight is 462 g/mol. The normalized spacial score (nSPS) is 13.8. The quantitative estimate of drug-likeness (QED) is 0.546. The zero-order valence-corrected chi connectivity index (χ0v) is 17.9. The molecule has 1 aliphatic heterocycles. The minimum Gasteiger partial charge on any atom is -0.474 e. The Morgan fingerprint density at radius 2 is 1.97 bits per heavy atom. The summed E-state index contributed by atoms with van der Waals surface area (Å²) in [5.41, 5.74) is 0.971. The van der Waals surface area contributed by atoms with Gasteiger partial charge in [0, 0.05) is 38.3 Å². The van der Waals surface area contributed by atoms with E-state index in [9.17, 15) is 13.6 Å². The predicted octanol–water partition coefficient (Wildman–Crippen LogP) is 1.25. The van der Waals surface area contributed by atoms with Crippen molar-refractivity contribution in [2.45, 2.75) is 6.54 Å². The van der Waals surface area contributed by atoms with Crippen molar-refractivity contribution < 1.29 is 18.3 Å². The van der Waals surface area contributed by atoms with Crippen LogP contribution >= 0.6 is 12.2 Å². The monoisotopic (exact) mass is 462 g/mol. The van der Waals surface area contributed by atoms with Crippen molar-refractivity contribution in [1.82, 2.24) is 35.2 Å². The molecule has 0 saturated carbocycles. The minimum absolute atomic E-state index is 0.130. The van der Waals surface area contributed by atoms with Gasteiger partial charge in [0.25, 0.3) is 11.1 Å². The highest BCUT2D eigenvalue weighted by atomic mass is 32.1. The molecule has 0 spiro atoms. The second kappa shape index (κ2) is 9.26.